The van der Waals surface area contributed by atoms with Gasteiger partial charge in [-0.05, 0) is 6.07 Å². The molecule has 1 fully saturated rings. The number of ketones is 2. The molecule has 0 saturated carbocycles. The number of benzene rings is 2. The van der Waals surface area contributed by atoms with Crippen molar-refractivity contribution in [2.45, 2.75) is 6.04 Å². The molecule has 1 aliphatic heterocycles. The molecule has 1 aliphatic rings. The Labute approximate surface area is 144 Å². The van der Waals surface area contributed by atoms with Crippen LogP contribution < -0.4 is 0 Å². The number of hydrogen-bond donors (Lipinski definition) is 0. The average Bonchev–Trinajstić information content (AvgIpc) is 2.87. The van der Waals surface area contributed by atoms with E-state index in [9.17, 15) is 18.8 Å². The van der Waals surface area contributed by atoms with E-state index in [0.717, 1.165) is 0 Å². The van der Waals surface area contributed by atoms with E-state index in [2.05, 4.69) is 6.58 Å². The Hall–Kier alpha value is -3.08. The predicted molar refractivity (Wildman–Crippen MR) is 90.3 cm³/mol. The van der Waals surface area contributed by atoms with E-state index in [1.165, 1.54) is 29.2 Å². The van der Waals surface area contributed by atoms with E-state index in [1.807, 2.05) is 0 Å². The molecule has 3 rings (SSSR count). The predicted octanol–water partition coefficient (Wildman–Crippen LogP) is 2.96. The molecule has 2 aromatic rings. The molecule has 1 heterocycles. The molecule has 1 amide bonds. The molecule has 1 saturated heterocycles. The van der Waals surface area contributed by atoms with E-state index >= 15 is 0 Å². The first kappa shape index (κ1) is 16.8. The number of Topliss-reactive ketones (excluding diaryl/α,β-unsaturated/α-hetero) is 2. The van der Waals surface area contributed by atoms with E-state index in [0.29, 0.717) is 5.56 Å². The second-order valence-electron chi connectivity index (χ2n) is 5.78. The molecule has 25 heavy (non-hydrogen) atoms. The summed E-state index contributed by atoms with van der Waals surface area (Å²) < 4.78 is 14.4. The molecule has 2 atom stereocenters. The molecule has 4 nitrogen and oxygen atoms in total. The zero-order valence-electron chi connectivity index (χ0n) is 13.4. The molecule has 126 valence electrons. The Kier molecular flexibility index (Phi) is 4.57. The van der Waals surface area contributed by atoms with Crippen molar-refractivity contribution in [2.75, 3.05) is 6.54 Å². The van der Waals surface area contributed by atoms with Crippen LogP contribution in [0.2, 0.25) is 0 Å². The number of halogens is 1. The highest BCUT2D eigenvalue weighted by Gasteiger charge is 2.51. The first-order chi connectivity index (χ1) is 12.1. The Morgan fingerprint density at radius 2 is 1.72 bits per heavy atom. The normalized spacial score (nSPS) is 20.0. The molecule has 2 aromatic carbocycles. The number of carbonyl (C=O) groups excluding carboxylic acids is 3. The maximum absolute atomic E-state index is 14.4. The minimum atomic E-state index is -1.27. The summed E-state index contributed by atoms with van der Waals surface area (Å²) in [6, 6.07) is 13.1. The zero-order valence-corrected chi connectivity index (χ0v) is 13.4. The fourth-order valence-electron chi connectivity index (χ4n) is 3.17. The lowest BCUT2D eigenvalue weighted by molar-refractivity contribution is -0.140. The molecule has 0 spiro atoms. The number of likely N-dealkylation sites (tertiary alicyclic amines) is 1. The monoisotopic (exact) mass is 337 g/mol. The van der Waals surface area contributed by atoms with Gasteiger partial charge in [-0.3, -0.25) is 14.4 Å². The van der Waals surface area contributed by atoms with Gasteiger partial charge in [-0.15, -0.1) is 6.58 Å². The molecular formula is C20H16FNO3. The van der Waals surface area contributed by atoms with Crippen LogP contribution in [0.25, 0.3) is 0 Å². The van der Waals surface area contributed by atoms with E-state index in [1.54, 1.807) is 36.4 Å². The number of nitrogens with zero attached hydrogens (tertiary/aromatic N) is 1. The topological polar surface area (TPSA) is 54.5 Å². The third-order valence-electron chi connectivity index (χ3n) is 4.30. The number of carbonyl (C=O) groups is 3. The fraction of sp³-hybridized carbons (Fsp3) is 0.150. The lowest BCUT2D eigenvalue weighted by Crippen LogP contribution is -2.31. The maximum Gasteiger partial charge on any atom is 0.291 e. The molecule has 0 radical (unpaired) electrons. The zero-order chi connectivity index (χ0) is 18.0. The van der Waals surface area contributed by atoms with Gasteiger partial charge in [-0.1, -0.05) is 54.6 Å². The molecule has 5 heteroatoms. The summed E-state index contributed by atoms with van der Waals surface area (Å²) in [5.41, 5.74) is 0.466. The Morgan fingerprint density at radius 3 is 2.36 bits per heavy atom. The molecule has 0 bridgehead atoms. The third kappa shape index (κ3) is 2.89. The number of amides is 1. The van der Waals surface area contributed by atoms with Crippen molar-refractivity contribution in [3.05, 3.63) is 84.2 Å². The summed E-state index contributed by atoms with van der Waals surface area (Å²) in [5, 5.41) is 0. The molecule has 2 unspecified atom stereocenters. The Bertz CT molecular complexity index is 847. The summed E-state index contributed by atoms with van der Waals surface area (Å²) in [6.45, 7) is 3.64. The summed E-state index contributed by atoms with van der Waals surface area (Å²) in [7, 11) is 0. The van der Waals surface area contributed by atoms with Crippen molar-refractivity contribution >= 4 is 17.5 Å². The van der Waals surface area contributed by atoms with Crippen LogP contribution in [-0.4, -0.2) is 28.9 Å². The molecule has 0 aromatic heterocycles. The van der Waals surface area contributed by atoms with Crippen molar-refractivity contribution < 1.29 is 18.8 Å². The second kappa shape index (κ2) is 6.81. The minimum Gasteiger partial charge on any atom is -0.324 e. The Balaban J connectivity index is 2.12. The summed E-state index contributed by atoms with van der Waals surface area (Å²) >= 11 is 0. The first-order valence-corrected chi connectivity index (χ1v) is 7.85. The van der Waals surface area contributed by atoms with Gasteiger partial charge in [-0.25, -0.2) is 4.39 Å². The second-order valence-corrected chi connectivity index (χ2v) is 5.78. The highest BCUT2D eigenvalue weighted by Crippen LogP contribution is 2.38. The quantitative estimate of drug-likeness (QED) is 0.365. The van der Waals surface area contributed by atoms with Gasteiger partial charge in [0.05, 0.1) is 6.04 Å². The van der Waals surface area contributed by atoms with Gasteiger partial charge in [0.2, 0.25) is 5.78 Å². The number of hydrogen-bond acceptors (Lipinski definition) is 3. The van der Waals surface area contributed by atoms with Gasteiger partial charge in [0, 0.05) is 17.7 Å². The van der Waals surface area contributed by atoms with Crippen molar-refractivity contribution in [1.82, 2.24) is 4.90 Å². The van der Waals surface area contributed by atoms with Crippen molar-refractivity contribution in [2.24, 2.45) is 5.92 Å². The minimum absolute atomic E-state index is 0.0577. The van der Waals surface area contributed by atoms with Gasteiger partial charge in [0.25, 0.3) is 5.91 Å². The van der Waals surface area contributed by atoms with Gasteiger partial charge in [-0.2, -0.15) is 0 Å². The van der Waals surface area contributed by atoms with Gasteiger partial charge in [0.15, 0.2) is 5.78 Å². The lowest BCUT2D eigenvalue weighted by atomic mass is 9.86. The SMILES string of the molecule is C=CCN1C(=O)C(=O)C(C(=O)c2ccccc2)C1c1ccccc1F. The average molecular weight is 337 g/mol. The third-order valence-corrected chi connectivity index (χ3v) is 4.30. The first-order valence-electron chi connectivity index (χ1n) is 7.85. The van der Waals surface area contributed by atoms with Crippen LogP contribution in [0.3, 0.4) is 0 Å². The summed E-state index contributed by atoms with van der Waals surface area (Å²) in [5.74, 6) is -3.92. The maximum atomic E-state index is 14.4. The van der Waals surface area contributed by atoms with Crippen LogP contribution in [0, 0.1) is 11.7 Å². The van der Waals surface area contributed by atoms with Crippen molar-refractivity contribution in [3.8, 4) is 0 Å². The summed E-state index contributed by atoms with van der Waals surface area (Å²) in [4.78, 5) is 39.0. The van der Waals surface area contributed by atoms with E-state index in [-0.39, 0.29) is 12.1 Å². The van der Waals surface area contributed by atoms with Gasteiger partial charge < -0.3 is 4.90 Å². The van der Waals surface area contributed by atoms with E-state index in [4.69, 9.17) is 0 Å². The molecule has 0 N–H and O–H groups in total. The van der Waals surface area contributed by atoms with Crippen LogP contribution in [-0.2, 0) is 9.59 Å². The smallest absolute Gasteiger partial charge is 0.291 e. The standard InChI is InChI=1S/C20H16FNO3/c1-2-12-22-17(14-10-6-7-11-15(14)21)16(19(24)20(22)25)18(23)13-8-4-3-5-9-13/h2-11,16-17H,1,12H2. The van der Waals surface area contributed by atoms with Crippen molar-refractivity contribution in [1.29, 1.82) is 0 Å². The van der Waals surface area contributed by atoms with Gasteiger partial charge >= 0.3 is 0 Å². The van der Waals surface area contributed by atoms with Crippen LogP contribution in [0.15, 0.2) is 67.3 Å². The lowest BCUT2D eigenvalue weighted by Gasteiger charge is -2.26. The van der Waals surface area contributed by atoms with Crippen molar-refractivity contribution in [3.63, 3.8) is 0 Å². The van der Waals surface area contributed by atoms with Gasteiger partial charge in [0.1, 0.15) is 11.7 Å². The summed E-state index contributed by atoms with van der Waals surface area (Å²) in [6.07, 6.45) is 1.45. The molecule has 0 aliphatic carbocycles. The highest BCUT2D eigenvalue weighted by molar-refractivity contribution is 6.44. The van der Waals surface area contributed by atoms with Crippen LogP contribution >= 0.6 is 0 Å². The van der Waals surface area contributed by atoms with Crippen LogP contribution in [0.1, 0.15) is 22.0 Å². The van der Waals surface area contributed by atoms with Crippen LogP contribution in [0.5, 0.6) is 0 Å². The Morgan fingerprint density at radius 1 is 1.08 bits per heavy atom. The largest absolute Gasteiger partial charge is 0.324 e. The fourth-order valence-corrected chi connectivity index (χ4v) is 3.17. The van der Waals surface area contributed by atoms with E-state index < -0.39 is 35.3 Å². The number of rotatable bonds is 5. The van der Waals surface area contributed by atoms with Crippen LogP contribution in [0.4, 0.5) is 4.39 Å². The highest BCUT2D eigenvalue weighted by atomic mass is 19.1. The molecular weight excluding hydrogens is 321 g/mol.